The fourth-order valence-corrected chi connectivity index (χ4v) is 8.60. The van der Waals surface area contributed by atoms with Crippen molar-refractivity contribution in [1.82, 2.24) is 19.4 Å². The fraction of sp³-hybridized carbons (Fsp3) is 0.514. The van der Waals surface area contributed by atoms with Crippen LogP contribution in [0.15, 0.2) is 42.5 Å². The summed E-state index contributed by atoms with van der Waals surface area (Å²) in [5.41, 5.74) is 4.82. The zero-order valence-corrected chi connectivity index (χ0v) is 29.0. The highest BCUT2D eigenvalue weighted by Gasteiger charge is 2.36. The number of piperidine rings is 2. The minimum Gasteiger partial charge on any atom is -0.385 e. The van der Waals surface area contributed by atoms with Gasteiger partial charge in [-0.2, -0.15) is 9.40 Å². The minimum absolute atomic E-state index is 0.236. The second-order valence-corrected chi connectivity index (χ2v) is 16.4. The number of quaternary nitrogens is 1. The number of likely N-dealkylation sites (N-methyl/N-ethyl adjacent to an activating group) is 1. The van der Waals surface area contributed by atoms with Gasteiger partial charge in [0.15, 0.2) is 0 Å². The number of aliphatic hydroxyl groups excluding tert-OH is 1. The van der Waals surface area contributed by atoms with E-state index in [9.17, 15) is 13.5 Å². The smallest absolute Gasteiger partial charge is 0.211 e. The van der Waals surface area contributed by atoms with Crippen LogP contribution in [0.2, 0.25) is 10.0 Å². The van der Waals surface area contributed by atoms with E-state index in [1.165, 1.54) is 36.2 Å². The average Bonchev–Trinajstić information content (AvgIpc) is 3.39. The summed E-state index contributed by atoms with van der Waals surface area (Å²) in [4.78, 5) is 0. The number of nitrogens with one attached hydrogen (secondary N) is 1. The summed E-state index contributed by atoms with van der Waals surface area (Å²) >= 11 is 12.6. The van der Waals surface area contributed by atoms with Crippen molar-refractivity contribution in [1.29, 1.82) is 0 Å². The summed E-state index contributed by atoms with van der Waals surface area (Å²) in [5.74, 6) is 7.95. The Morgan fingerprint density at radius 1 is 1.04 bits per heavy atom. The van der Waals surface area contributed by atoms with E-state index in [-0.39, 0.29) is 6.54 Å². The molecule has 2 saturated heterocycles. The van der Waals surface area contributed by atoms with Crippen molar-refractivity contribution in [2.24, 2.45) is 11.8 Å². The standard InChI is InChI=1S/C35H44Cl2N5O3S/c1-42(19-14-27(15-20-42)26-11-16-38-17-12-26)24-31(43)22-41-34-13-18-40(46(2,44)45)23-32(34)35(39-41)29-7-10-33(37)28(21-29)6-3-25-4-8-30(36)9-5-25/h4-5,7-10,21,26-27,31,38,43H,11-20,22-24H2,1-2H3/q+1/t27?,31-,42?/m1/s1. The fourth-order valence-electron chi connectivity index (χ4n) is 7.52. The zero-order valence-electron chi connectivity index (χ0n) is 26.7. The number of benzene rings is 2. The second-order valence-electron chi connectivity index (χ2n) is 13.6. The lowest BCUT2D eigenvalue weighted by molar-refractivity contribution is -0.918. The number of sulfonamides is 1. The molecular formula is C35H44Cl2N5O3S+. The third-order valence-electron chi connectivity index (χ3n) is 10.2. The Morgan fingerprint density at radius 2 is 1.74 bits per heavy atom. The summed E-state index contributed by atoms with van der Waals surface area (Å²) in [5, 5.41) is 21.1. The number of halogens is 2. The van der Waals surface area contributed by atoms with Crippen LogP contribution in [0.1, 0.15) is 48.1 Å². The predicted octanol–water partition coefficient (Wildman–Crippen LogP) is 4.79. The molecule has 6 rings (SSSR count). The first-order chi connectivity index (χ1) is 22.0. The molecule has 3 aliphatic rings. The molecule has 2 fully saturated rings. The molecule has 1 aromatic heterocycles. The summed E-state index contributed by atoms with van der Waals surface area (Å²) in [7, 11) is -1.12. The Hall–Kier alpha value is -2.42. The molecule has 0 spiro atoms. The molecule has 8 nitrogen and oxygen atoms in total. The Kier molecular flexibility index (Phi) is 10.2. The lowest BCUT2D eigenvalue weighted by atomic mass is 9.78. The Bertz CT molecular complexity index is 1720. The molecule has 1 atom stereocenters. The van der Waals surface area contributed by atoms with E-state index in [0.717, 1.165) is 64.9 Å². The molecule has 4 heterocycles. The first kappa shape index (κ1) is 33.5. The van der Waals surface area contributed by atoms with Gasteiger partial charge in [-0.25, -0.2) is 8.42 Å². The number of aliphatic hydroxyl groups is 1. The number of nitrogens with zero attached hydrogens (tertiary/aromatic N) is 4. The monoisotopic (exact) mass is 684 g/mol. The van der Waals surface area contributed by atoms with Gasteiger partial charge in [0.2, 0.25) is 10.0 Å². The van der Waals surface area contributed by atoms with E-state index in [4.69, 9.17) is 28.3 Å². The van der Waals surface area contributed by atoms with Crippen LogP contribution in [0.25, 0.3) is 11.3 Å². The number of likely N-dealkylation sites (tertiary alicyclic amines) is 1. The Morgan fingerprint density at radius 3 is 2.43 bits per heavy atom. The van der Waals surface area contributed by atoms with E-state index in [1.54, 1.807) is 18.2 Å². The topological polar surface area (TPSA) is 87.5 Å². The van der Waals surface area contributed by atoms with Crippen LogP contribution >= 0.6 is 23.2 Å². The molecule has 2 aromatic carbocycles. The van der Waals surface area contributed by atoms with Gasteiger partial charge in [-0.15, -0.1) is 0 Å². The van der Waals surface area contributed by atoms with Gasteiger partial charge in [0.05, 0.1) is 43.7 Å². The van der Waals surface area contributed by atoms with Crippen LogP contribution in [0.5, 0.6) is 0 Å². The lowest BCUT2D eigenvalue weighted by Gasteiger charge is -2.44. The molecule has 0 radical (unpaired) electrons. The van der Waals surface area contributed by atoms with Crippen LogP contribution in [-0.2, 0) is 29.5 Å². The van der Waals surface area contributed by atoms with Gasteiger partial charge < -0.3 is 14.9 Å². The molecule has 3 aliphatic heterocycles. The summed E-state index contributed by atoms with van der Waals surface area (Å²) in [6.07, 6.45) is 6.21. The van der Waals surface area contributed by atoms with E-state index < -0.39 is 16.1 Å². The molecule has 0 bridgehead atoms. The number of hydrogen-bond acceptors (Lipinski definition) is 5. The minimum atomic E-state index is -3.39. The molecule has 11 heteroatoms. The van der Waals surface area contributed by atoms with E-state index >= 15 is 0 Å². The highest BCUT2D eigenvalue weighted by atomic mass is 35.5. The van der Waals surface area contributed by atoms with Crippen molar-refractivity contribution in [3.8, 4) is 23.1 Å². The molecule has 0 aliphatic carbocycles. The molecular weight excluding hydrogens is 641 g/mol. The van der Waals surface area contributed by atoms with Crippen LogP contribution in [0.3, 0.4) is 0 Å². The van der Waals surface area contributed by atoms with E-state index in [2.05, 4.69) is 24.2 Å². The van der Waals surface area contributed by atoms with Crippen molar-refractivity contribution in [2.75, 3.05) is 52.6 Å². The lowest BCUT2D eigenvalue weighted by Crippen LogP contribution is -2.55. The first-order valence-corrected chi connectivity index (χ1v) is 18.9. The highest BCUT2D eigenvalue weighted by molar-refractivity contribution is 7.88. The van der Waals surface area contributed by atoms with Gasteiger partial charge >= 0.3 is 0 Å². The number of hydrogen-bond donors (Lipinski definition) is 2. The highest BCUT2D eigenvalue weighted by Crippen LogP contribution is 2.35. The van der Waals surface area contributed by atoms with E-state index in [1.807, 2.05) is 28.9 Å². The first-order valence-electron chi connectivity index (χ1n) is 16.3. The van der Waals surface area contributed by atoms with Gasteiger partial charge in [0.1, 0.15) is 12.6 Å². The number of aromatic nitrogens is 2. The molecule has 0 amide bonds. The van der Waals surface area contributed by atoms with Gasteiger partial charge in [0, 0.05) is 52.5 Å². The van der Waals surface area contributed by atoms with Crippen molar-refractivity contribution in [3.05, 3.63) is 74.9 Å². The molecule has 2 N–H and O–H groups in total. The maximum atomic E-state index is 12.6. The molecule has 0 saturated carbocycles. The van der Waals surface area contributed by atoms with Gasteiger partial charge in [-0.05, 0) is 87.0 Å². The van der Waals surface area contributed by atoms with Crippen LogP contribution in [0.4, 0.5) is 0 Å². The normalized spacial score (nSPS) is 23.4. The number of fused-ring (bicyclic) bond motifs is 1. The van der Waals surface area contributed by atoms with E-state index in [0.29, 0.717) is 47.4 Å². The van der Waals surface area contributed by atoms with Crippen LogP contribution < -0.4 is 5.32 Å². The largest absolute Gasteiger partial charge is 0.385 e. The van der Waals surface area contributed by atoms with Gasteiger partial charge in [-0.1, -0.05) is 41.1 Å². The van der Waals surface area contributed by atoms with Crippen molar-refractivity contribution in [2.45, 2.75) is 51.3 Å². The Balaban J connectivity index is 1.23. The summed E-state index contributed by atoms with van der Waals surface area (Å²) in [6, 6.07) is 12.9. The third-order valence-corrected chi connectivity index (χ3v) is 12.0. The third kappa shape index (κ3) is 7.82. The Labute approximate surface area is 283 Å². The van der Waals surface area contributed by atoms with Gasteiger partial charge in [-0.3, -0.25) is 4.68 Å². The summed E-state index contributed by atoms with van der Waals surface area (Å²) < 4.78 is 29.4. The van der Waals surface area contributed by atoms with Crippen LogP contribution in [0, 0.1) is 23.7 Å². The predicted molar refractivity (Wildman–Crippen MR) is 184 cm³/mol. The average molecular weight is 686 g/mol. The van der Waals surface area contributed by atoms with Crippen molar-refractivity contribution >= 4 is 33.2 Å². The number of rotatable bonds is 7. The molecule has 0 unspecified atom stereocenters. The molecule has 46 heavy (non-hydrogen) atoms. The second kappa shape index (κ2) is 14.0. The SMILES string of the molecule is C[N+]1(C[C@H](O)Cn2nc(-c3ccc(Cl)c(C#Cc4ccc(Cl)cc4)c3)c3c2CCN(S(C)(=O)=O)C3)CCC(C2CCNCC2)CC1. The van der Waals surface area contributed by atoms with Crippen molar-refractivity contribution in [3.63, 3.8) is 0 Å². The van der Waals surface area contributed by atoms with Crippen molar-refractivity contribution < 1.29 is 18.0 Å². The van der Waals surface area contributed by atoms with Crippen LogP contribution in [-0.4, -0.2) is 90.8 Å². The quantitative estimate of drug-likeness (QED) is 0.276. The zero-order chi connectivity index (χ0) is 32.5. The maximum Gasteiger partial charge on any atom is 0.211 e. The molecule has 3 aromatic rings. The summed E-state index contributed by atoms with van der Waals surface area (Å²) in [6.45, 7) is 6.10. The molecule has 246 valence electrons. The maximum absolute atomic E-state index is 12.6. The van der Waals surface area contributed by atoms with Gasteiger partial charge in [0.25, 0.3) is 0 Å².